The predicted molar refractivity (Wildman–Crippen MR) is 123 cm³/mol. The van der Waals surface area contributed by atoms with Gasteiger partial charge in [-0.25, -0.2) is 4.98 Å². The number of rotatable bonds is 5. The Hall–Kier alpha value is -3.24. The summed E-state index contributed by atoms with van der Waals surface area (Å²) < 4.78 is 0. The minimum Gasteiger partial charge on any atom is -0.341 e. The molecule has 4 aromatic rings. The number of fused-ring (bicyclic) bond motifs is 1. The van der Waals surface area contributed by atoms with Gasteiger partial charge in [-0.2, -0.15) is 0 Å². The van der Waals surface area contributed by atoms with Crippen molar-refractivity contribution >= 4 is 16.7 Å². The van der Waals surface area contributed by atoms with E-state index in [1.54, 1.807) is 0 Å². The zero-order valence-electron chi connectivity index (χ0n) is 17.0. The Balaban J connectivity index is 1.57. The molecule has 4 heteroatoms. The molecule has 0 bridgehead atoms. The molecule has 0 atom stereocenters. The van der Waals surface area contributed by atoms with Gasteiger partial charge in [0, 0.05) is 11.1 Å². The second-order valence-corrected chi connectivity index (χ2v) is 8.03. The average molecular weight is 395 g/mol. The molecule has 1 aliphatic rings. The fourth-order valence-corrected chi connectivity index (χ4v) is 4.35. The second-order valence-electron chi connectivity index (χ2n) is 8.03. The lowest BCUT2D eigenvalue weighted by molar-refractivity contribution is 0.303. The molecule has 1 aliphatic heterocycles. The topological polar surface area (TPSA) is 53.1 Å². The van der Waals surface area contributed by atoms with Gasteiger partial charge in [0.2, 0.25) is 0 Å². The number of H-pyrrole nitrogens is 1. The molecule has 1 saturated heterocycles. The van der Waals surface area contributed by atoms with E-state index in [0.29, 0.717) is 6.54 Å². The van der Waals surface area contributed by atoms with E-state index in [-0.39, 0.29) is 5.41 Å². The highest BCUT2D eigenvalue weighted by Crippen LogP contribution is 2.33. The van der Waals surface area contributed by atoms with E-state index in [1.807, 2.05) is 6.07 Å². The molecule has 0 radical (unpaired) electrons. The monoisotopic (exact) mass is 394 g/mol. The Morgan fingerprint density at radius 2 is 1.40 bits per heavy atom. The number of para-hydroxylation sites is 2. The van der Waals surface area contributed by atoms with Crippen LogP contribution in [0.5, 0.6) is 0 Å². The Kier molecular flexibility index (Phi) is 5.16. The van der Waals surface area contributed by atoms with Crippen molar-refractivity contribution in [3.8, 4) is 0 Å². The highest BCUT2D eigenvalue weighted by Gasteiger charge is 2.37. The van der Waals surface area contributed by atoms with Crippen LogP contribution in [-0.4, -0.2) is 35.3 Å². The van der Waals surface area contributed by atoms with Crippen LogP contribution in [0.4, 0.5) is 0 Å². The molecule has 0 spiro atoms. The minimum atomic E-state index is -0.0842. The maximum absolute atomic E-state index is 5.24. The fourth-order valence-electron chi connectivity index (χ4n) is 4.35. The van der Waals surface area contributed by atoms with Gasteiger partial charge in [0.1, 0.15) is 5.82 Å². The molecular formula is C26H26N4. The SMILES string of the molecule is c1ccc(C(=NCC2(c3nc4ccccc4[nH]3)CCNCC2)c2ccccc2)cc1. The van der Waals surface area contributed by atoms with Gasteiger partial charge in [0.05, 0.1) is 28.7 Å². The molecular weight excluding hydrogens is 368 g/mol. The summed E-state index contributed by atoms with van der Waals surface area (Å²) in [7, 11) is 0. The summed E-state index contributed by atoms with van der Waals surface area (Å²) in [6.07, 6.45) is 2.04. The Morgan fingerprint density at radius 3 is 2.03 bits per heavy atom. The van der Waals surface area contributed by atoms with Crippen LogP contribution in [0.2, 0.25) is 0 Å². The van der Waals surface area contributed by atoms with Crippen LogP contribution >= 0.6 is 0 Å². The first-order valence-electron chi connectivity index (χ1n) is 10.7. The number of hydrogen-bond acceptors (Lipinski definition) is 3. The molecule has 1 aromatic heterocycles. The zero-order chi connectivity index (χ0) is 20.2. The average Bonchev–Trinajstić information content (AvgIpc) is 3.26. The summed E-state index contributed by atoms with van der Waals surface area (Å²) in [5, 5.41) is 3.50. The van der Waals surface area contributed by atoms with Gasteiger partial charge in [-0.05, 0) is 38.1 Å². The Bertz CT molecular complexity index is 1060. The summed E-state index contributed by atoms with van der Waals surface area (Å²) in [6, 6.07) is 29.2. The fraction of sp³-hybridized carbons (Fsp3) is 0.231. The van der Waals surface area contributed by atoms with Crippen molar-refractivity contribution in [3.63, 3.8) is 0 Å². The Labute approximate surface area is 177 Å². The van der Waals surface area contributed by atoms with Gasteiger partial charge in [-0.15, -0.1) is 0 Å². The number of imidazole rings is 1. The van der Waals surface area contributed by atoms with Crippen molar-refractivity contribution in [1.29, 1.82) is 0 Å². The molecule has 0 amide bonds. The first-order valence-corrected chi connectivity index (χ1v) is 10.7. The Morgan fingerprint density at radius 1 is 0.800 bits per heavy atom. The molecule has 2 N–H and O–H groups in total. The van der Waals surface area contributed by atoms with Crippen molar-refractivity contribution in [2.24, 2.45) is 4.99 Å². The predicted octanol–water partition coefficient (Wildman–Crippen LogP) is 4.72. The zero-order valence-corrected chi connectivity index (χ0v) is 17.0. The van der Waals surface area contributed by atoms with E-state index in [0.717, 1.165) is 59.6 Å². The van der Waals surface area contributed by atoms with Gasteiger partial charge in [0.25, 0.3) is 0 Å². The lowest BCUT2D eigenvalue weighted by Crippen LogP contribution is -2.43. The van der Waals surface area contributed by atoms with Gasteiger partial charge in [-0.3, -0.25) is 4.99 Å². The number of benzene rings is 3. The number of nitrogens with zero attached hydrogens (tertiary/aromatic N) is 2. The largest absolute Gasteiger partial charge is 0.341 e. The van der Waals surface area contributed by atoms with Gasteiger partial charge in [0.15, 0.2) is 0 Å². The maximum atomic E-state index is 5.24. The number of hydrogen-bond donors (Lipinski definition) is 2. The molecule has 0 aliphatic carbocycles. The van der Waals surface area contributed by atoms with Gasteiger partial charge >= 0.3 is 0 Å². The third kappa shape index (κ3) is 3.66. The van der Waals surface area contributed by atoms with Crippen molar-refractivity contribution < 1.29 is 0 Å². The molecule has 30 heavy (non-hydrogen) atoms. The van der Waals surface area contributed by atoms with Crippen LogP contribution in [0, 0.1) is 0 Å². The molecule has 5 rings (SSSR count). The van der Waals surface area contributed by atoms with Crippen LogP contribution < -0.4 is 5.32 Å². The third-order valence-electron chi connectivity index (χ3n) is 6.09. The van der Waals surface area contributed by atoms with Crippen molar-refractivity contribution in [1.82, 2.24) is 15.3 Å². The van der Waals surface area contributed by atoms with E-state index < -0.39 is 0 Å². The van der Waals surface area contributed by atoms with E-state index in [9.17, 15) is 0 Å². The highest BCUT2D eigenvalue weighted by molar-refractivity contribution is 6.12. The van der Waals surface area contributed by atoms with E-state index in [4.69, 9.17) is 9.98 Å². The summed E-state index contributed by atoms with van der Waals surface area (Å²) >= 11 is 0. The molecule has 150 valence electrons. The normalized spacial score (nSPS) is 15.7. The molecule has 3 aromatic carbocycles. The van der Waals surface area contributed by atoms with E-state index in [1.165, 1.54) is 0 Å². The number of piperidine rings is 1. The number of nitrogens with one attached hydrogen (secondary N) is 2. The van der Waals surface area contributed by atoms with Crippen molar-refractivity contribution in [2.75, 3.05) is 19.6 Å². The highest BCUT2D eigenvalue weighted by atomic mass is 15.0. The van der Waals surface area contributed by atoms with Crippen LogP contribution in [0.3, 0.4) is 0 Å². The quantitative estimate of drug-likeness (QED) is 0.481. The molecule has 1 fully saturated rings. The number of aromatic nitrogens is 2. The van der Waals surface area contributed by atoms with Crippen LogP contribution in [-0.2, 0) is 5.41 Å². The smallest absolute Gasteiger partial charge is 0.115 e. The van der Waals surface area contributed by atoms with Crippen LogP contribution in [0.25, 0.3) is 11.0 Å². The maximum Gasteiger partial charge on any atom is 0.115 e. The van der Waals surface area contributed by atoms with Crippen LogP contribution in [0.15, 0.2) is 89.9 Å². The molecule has 2 heterocycles. The lowest BCUT2D eigenvalue weighted by Gasteiger charge is -2.35. The number of aromatic amines is 1. The first-order chi connectivity index (χ1) is 14.8. The summed E-state index contributed by atoms with van der Waals surface area (Å²) in [5.41, 5.74) is 5.39. The molecule has 0 saturated carbocycles. The first kappa shape index (κ1) is 18.8. The summed E-state index contributed by atoms with van der Waals surface area (Å²) in [5.74, 6) is 1.06. The van der Waals surface area contributed by atoms with Gasteiger partial charge < -0.3 is 10.3 Å². The van der Waals surface area contributed by atoms with E-state index in [2.05, 4.69) is 89.2 Å². The third-order valence-corrected chi connectivity index (χ3v) is 6.09. The number of aliphatic imine (C=N–C) groups is 1. The molecule has 4 nitrogen and oxygen atoms in total. The minimum absolute atomic E-state index is 0.0842. The standard InChI is InChI=1S/C26H26N4/c1-3-9-20(10-4-1)24(21-11-5-2-6-12-21)28-19-26(15-17-27-18-16-26)25-29-22-13-7-8-14-23(22)30-25/h1-14,27H,15-19H2,(H,29,30). The van der Waals surface area contributed by atoms with Crippen molar-refractivity contribution in [2.45, 2.75) is 18.3 Å². The second kappa shape index (κ2) is 8.25. The summed E-state index contributed by atoms with van der Waals surface area (Å²) in [4.78, 5) is 13.8. The summed E-state index contributed by atoms with van der Waals surface area (Å²) in [6.45, 7) is 2.69. The molecule has 0 unspecified atom stereocenters. The van der Waals surface area contributed by atoms with Crippen molar-refractivity contribution in [3.05, 3.63) is 102 Å². The van der Waals surface area contributed by atoms with Crippen LogP contribution in [0.1, 0.15) is 29.8 Å². The lowest BCUT2D eigenvalue weighted by atomic mass is 9.78. The van der Waals surface area contributed by atoms with Gasteiger partial charge in [-0.1, -0.05) is 72.8 Å². The van der Waals surface area contributed by atoms with E-state index >= 15 is 0 Å².